The average Bonchev–Trinajstić information content (AvgIpc) is 2.48. The van der Waals surface area contributed by atoms with Crippen molar-refractivity contribution in [2.24, 2.45) is 0 Å². The third-order valence-corrected chi connectivity index (χ3v) is 5.50. The minimum atomic E-state index is 0.0816. The lowest BCUT2D eigenvalue weighted by atomic mass is 9.86. The lowest BCUT2D eigenvalue weighted by Gasteiger charge is -2.43. The zero-order valence-electron chi connectivity index (χ0n) is 11.6. The smallest absolute Gasteiger partial charge is 0.120 e. The molecule has 110 valence electrons. The van der Waals surface area contributed by atoms with Crippen molar-refractivity contribution < 1.29 is 9.47 Å². The van der Waals surface area contributed by atoms with Crippen LogP contribution in [0, 0.1) is 0 Å². The predicted molar refractivity (Wildman–Crippen MR) is 84.9 cm³/mol. The van der Waals surface area contributed by atoms with E-state index in [1.54, 1.807) is 0 Å². The lowest BCUT2D eigenvalue weighted by molar-refractivity contribution is -0.116. The second-order valence-corrected chi connectivity index (χ2v) is 7.15. The molecule has 2 heterocycles. The van der Waals surface area contributed by atoms with Crippen molar-refractivity contribution in [3.63, 3.8) is 0 Å². The van der Waals surface area contributed by atoms with Gasteiger partial charge in [-0.25, -0.2) is 0 Å². The normalized spacial score (nSPS) is 25.6. The van der Waals surface area contributed by atoms with E-state index in [-0.39, 0.29) is 11.7 Å². The van der Waals surface area contributed by atoms with Gasteiger partial charge in [0.2, 0.25) is 0 Å². The van der Waals surface area contributed by atoms with Crippen LogP contribution in [-0.2, 0) is 10.6 Å². The Kier molecular flexibility index (Phi) is 4.79. The third kappa shape index (κ3) is 3.44. The second kappa shape index (κ2) is 6.59. The van der Waals surface area contributed by atoms with Crippen molar-refractivity contribution >= 4 is 23.4 Å². The van der Waals surface area contributed by atoms with Crippen molar-refractivity contribution in [1.29, 1.82) is 0 Å². The molecule has 1 spiro atoms. The summed E-state index contributed by atoms with van der Waals surface area (Å²) in [7, 11) is 0. The molecule has 0 aromatic heterocycles. The topological polar surface area (TPSA) is 18.5 Å². The molecule has 3 rings (SSSR count). The predicted octanol–water partition coefficient (Wildman–Crippen LogP) is 4.25. The van der Waals surface area contributed by atoms with E-state index in [2.05, 4.69) is 0 Å². The van der Waals surface area contributed by atoms with Crippen LogP contribution in [0.25, 0.3) is 0 Å². The van der Waals surface area contributed by atoms with E-state index in [0.29, 0.717) is 5.88 Å². The molecule has 1 aromatic carbocycles. The molecule has 0 radical (unpaired) electrons. The Morgan fingerprint density at radius 1 is 1.35 bits per heavy atom. The average molecular weight is 313 g/mol. The van der Waals surface area contributed by atoms with Gasteiger partial charge in [-0.05, 0) is 42.0 Å². The van der Waals surface area contributed by atoms with Crippen molar-refractivity contribution in [2.45, 2.75) is 43.3 Å². The quantitative estimate of drug-likeness (QED) is 0.777. The second-order valence-electron chi connectivity index (χ2n) is 5.66. The summed E-state index contributed by atoms with van der Waals surface area (Å²) < 4.78 is 12.3. The molecule has 0 saturated carbocycles. The SMILES string of the molecule is ClCc1cccc(OC2CCOC3(CCSCC3)C2)c1. The fourth-order valence-corrected chi connectivity index (χ4v) is 4.47. The standard InChI is InChI=1S/C16H21ClO2S/c17-12-13-2-1-3-14(10-13)19-15-4-7-18-16(11-15)5-8-20-9-6-16/h1-3,10,15H,4-9,11-12H2. The van der Waals surface area contributed by atoms with Crippen LogP contribution in [0.1, 0.15) is 31.2 Å². The Bertz CT molecular complexity index is 440. The summed E-state index contributed by atoms with van der Waals surface area (Å²) in [6, 6.07) is 8.11. The Morgan fingerprint density at radius 3 is 3.00 bits per heavy atom. The molecule has 2 aliphatic heterocycles. The van der Waals surface area contributed by atoms with Gasteiger partial charge in [0.1, 0.15) is 11.9 Å². The summed E-state index contributed by atoms with van der Waals surface area (Å²) in [6.07, 6.45) is 4.62. The molecule has 2 saturated heterocycles. The molecule has 0 N–H and O–H groups in total. The molecule has 0 aliphatic carbocycles. The van der Waals surface area contributed by atoms with Crippen LogP contribution in [0.5, 0.6) is 5.75 Å². The van der Waals surface area contributed by atoms with Gasteiger partial charge in [-0.2, -0.15) is 11.8 Å². The van der Waals surface area contributed by atoms with Crippen LogP contribution in [0.4, 0.5) is 0 Å². The first-order chi connectivity index (χ1) is 9.80. The number of benzene rings is 1. The minimum Gasteiger partial charge on any atom is -0.490 e. The van der Waals surface area contributed by atoms with Gasteiger partial charge in [-0.15, -0.1) is 11.6 Å². The molecular formula is C16H21ClO2S. The summed E-state index contributed by atoms with van der Waals surface area (Å²) in [5.41, 5.74) is 1.19. The minimum absolute atomic E-state index is 0.0816. The van der Waals surface area contributed by atoms with Gasteiger partial charge in [0.15, 0.2) is 0 Å². The number of thioether (sulfide) groups is 1. The third-order valence-electron chi connectivity index (χ3n) is 4.21. The van der Waals surface area contributed by atoms with Crippen molar-refractivity contribution in [1.82, 2.24) is 0 Å². The highest BCUT2D eigenvalue weighted by molar-refractivity contribution is 7.99. The molecule has 2 nitrogen and oxygen atoms in total. The highest BCUT2D eigenvalue weighted by Crippen LogP contribution is 2.38. The van der Waals surface area contributed by atoms with E-state index in [0.717, 1.165) is 30.8 Å². The molecule has 1 unspecified atom stereocenters. The zero-order valence-corrected chi connectivity index (χ0v) is 13.2. The highest BCUT2D eigenvalue weighted by atomic mass is 35.5. The maximum Gasteiger partial charge on any atom is 0.120 e. The first-order valence-corrected chi connectivity index (χ1v) is 9.02. The first kappa shape index (κ1) is 14.6. The van der Waals surface area contributed by atoms with Crippen LogP contribution < -0.4 is 4.74 Å². The van der Waals surface area contributed by atoms with Crippen molar-refractivity contribution in [2.75, 3.05) is 18.1 Å². The number of rotatable bonds is 3. The molecular weight excluding hydrogens is 292 g/mol. The van der Waals surface area contributed by atoms with Crippen LogP contribution in [0.15, 0.2) is 24.3 Å². The van der Waals surface area contributed by atoms with Gasteiger partial charge in [-0.3, -0.25) is 0 Å². The molecule has 20 heavy (non-hydrogen) atoms. The molecule has 2 fully saturated rings. The summed E-state index contributed by atoms with van der Waals surface area (Å²) in [6.45, 7) is 0.824. The van der Waals surface area contributed by atoms with Crippen LogP contribution >= 0.6 is 23.4 Å². The monoisotopic (exact) mass is 312 g/mol. The largest absolute Gasteiger partial charge is 0.490 e. The van der Waals surface area contributed by atoms with E-state index in [1.807, 2.05) is 36.0 Å². The van der Waals surface area contributed by atoms with Gasteiger partial charge >= 0.3 is 0 Å². The Hall–Kier alpha value is -0.380. The van der Waals surface area contributed by atoms with Crippen LogP contribution in [0.3, 0.4) is 0 Å². The molecule has 0 amide bonds. The number of hydrogen-bond donors (Lipinski definition) is 0. The lowest BCUT2D eigenvalue weighted by Crippen LogP contribution is -2.46. The van der Waals surface area contributed by atoms with Crippen LogP contribution in [0.2, 0.25) is 0 Å². The zero-order chi connectivity index (χ0) is 13.8. The van der Waals surface area contributed by atoms with Gasteiger partial charge in [-0.1, -0.05) is 12.1 Å². The van der Waals surface area contributed by atoms with E-state index >= 15 is 0 Å². The Morgan fingerprint density at radius 2 is 2.20 bits per heavy atom. The summed E-state index contributed by atoms with van der Waals surface area (Å²) in [4.78, 5) is 0. The highest BCUT2D eigenvalue weighted by Gasteiger charge is 2.39. The fraction of sp³-hybridized carbons (Fsp3) is 0.625. The Balaban J connectivity index is 1.64. The van der Waals surface area contributed by atoms with Gasteiger partial charge in [0, 0.05) is 18.7 Å². The summed E-state index contributed by atoms with van der Waals surface area (Å²) in [5.74, 6) is 3.91. The fourth-order valence-electron chi connectivity index (χ4n) is 3.07. The molecule has 0 bridgehead atoms. The number of halogens is 1. The number of ether oxygens (including phenoxy) is 2. The summed E-state index contributed by atoms with van der Waals surface area (Å²) >= 11 is 7.92. The van der Waals surface area contributed by atoms with Crippen molar-refractivity contribution in [3.05, 3.63) is 29.8 Å². The molecule has 1 atom stereocenters. The molecule has 2 aliphatic rings. The van der Waals surface area contributed by atoms with E-state index in [9.17, 15) is 0 Å². The van der Waals surface area contributed by atoms with E-state index in [1.165, 1.54) is 24.3 Å². The molecule has 4 heteroatoms. The van der Waals surface area contributed by atoms with Crippen LogP contribution in [-0.4, -0.2) is 29.8 Å². The maximum atomic E-state index is 6.18. The maximum absolute atomic E-state index is 6.18. The first-order valence-electron chi connectivity index (χ1n) is 7.33. The van der Waals surface area contributed by atoms with Gasteiger partial charge in [0.05, 0.1) is 12.2 Å². The number of hydrogen-bond acceptors (Lipinski definition) is 3. The number of alkyl halides is 1. The summed E-state index contributed by atoms with van der Waals surface area (Å²) in [5, 5.41) is 0. The van der Waals surface area contributed by atoms with Gasteiger partial charge < -0.3 is 9.47 Å². The Labute approximate surface area is 130 Å². The van der Waals surface area contributed by atoms with Crippen molar-refractivity contribution in [3.8, 4) is 5.75 Å². The van der Waals surface area contributed by atoms with E-state index < -0.39 is 0 Å². The molecule has 1 aromatic rings. The van der Waals surface area contributed by atoms with E-state index in [4.69, 9.17) is 21.1 Å². The van der Waals surface area contributed by atoms with Gasteiger partial charge in [0.25, 0.3) is 0 Å².